The van der Waals surface area contributed by atoms with Crippen molar-refractivity contribution in [3.63, 3.8) is 0 Å². The lowest BCUT2D eigenvalue weighted by Crippen LogP contribution is -2.43. The monoisotopic (exact) mass is 771 g/mol. The maximum absolute atomic E-state index is 12.9. The molecule has 12 heteroatoms. The molecule has 316 valence electrons. The molecule has 0 radical (unpaired) electrons. The van der Waals surface area contributed by atoms with Gasteiger partial charge in [-0.05, 0) is 59.0 Å². The standard InChI is InChI=1S/C42H78N2O10/c1-5-7-9-11-15-21-27-38(45)50-32-23-17-13-18-25-34-52-40(47)30-29-37(43-42(49)54-36-31-44(3)4)41(48)53-35-26-20-14-19-24-33-51-39(46)28-22-16-12-10-8-6-2/h37H,5-36H2,1-4H3,(H,43,49)/t37-/m0/s1. The summed E-state index contributed by atoms with van der Waals surface area (Å²) >= 11 is 0. The van der Waals surface area contributed by atoms with Gasteiger partial charge in [0.2, 0.25) is 0 Å². The molecule has 0 saturated heterocycles. The minimum atomic E-state index is -1.03. The molecule has 0 saturated carbocycles. The number of alkyl carbamates (subject to hydrolysis) is 1. The Morgan fingerprint density at radius 1 is 0.444 bits per heavy atom. The summed E-state index contributed by atoms with van der Waals surface area (Å²) in [6, 6.07) is -1.03. The van der Waals surface area contributed by atoms with E-state index in [1.165, 1.54) is 51.4 Å². The number of likely N-dealkylation sites (N-methyl/N-ethyl adjacent to an activating group) is 1. The van der Waals surface area contributed by atoms with Gasteiger partial charge >= 0.3 is 30.0 Å². The fourth-order valence-electron chi connectivity index (χ4n) is 5.63. The van der Waals surface area contributed by atoms with Crippen molar-refractivity contribution in [2.45, 2.75) is 187 Å². The average molecular weight is 771 g/mol. The highest BCUT2D eigenvalue weighted by molar-refractivity contribution is 5.82. The Hall–Kier alpha value is -2.89. The zero-order valence-corrected chi connectivity index (χ0v) is 34.7. The number of ether oxygens (including phenoxy) is 5. The van der Waals surface area contributed by atoms with Crippen LogP contribution in [0.25, 0.3) is 0 Å². The van der Waals surface area contributed by atoms with Crippen LogP contribution in [0.5, 0.6) is 0 Å². The molecule has 1 amide bonds. The van der Waals surface area contributed by atoms with Gasteiger partial charge in [-0.25, -0.2) is 9.59 Å². The highest BCUT2D eigenvalue weighted by atomic mass is 16.6. The summed E-state index contributed by atoms with van der Waals surface area (Å²) in [5, 5.41) is 2.55. The summed E-state index contributed by atoms with van der Waals surface area (Å²) in [4.78, 5) is 63.2. The zero-order chi connectivity index (χ0) is 39.9. The van der Waals surface area contributed by atoms with Gasteiger partial charge < -0.3 is 33.9 Å². The van der Waals surface area contributed by atoms with Crippen molar-refractivity contribution in [2.75, 3.05) is 53.7 Å². The molecule has 0 heterocycles. The Kier molecular flexibility index (Phi) is 36.3. The van der Waals surface area contributed by atoms with E-state index in [0.29, 0.717) is 39.0 Å². The molecule has 0 aliphatic carbocycles. The van der Waals surface area contributed by atoms with Gasteiger partial charge in [-0.2, -0.15) is 0 Å². The molecule has 0 aromatic carbocycles. The van der Waals surface area contributed by atoms with Crippen molar-refractivity contribution in [3.05, 3.63) is 0 Å². The number of hydrogen-bond donors (Lipinski definition) is 1. The van der Waals surface area contributed by atoms with E-state index in [4.69, 9.17) is 23.7 Å². The first-order chi connectivity index (χ1) is 26.2. The lowest BCUT2D eigenvalue weighted by atomic mass is 10.1. The molecule has 12 nitrogen and oxygen atoms in total. The van der Waals surface area contributed by atoms with Crippen LogP contribution < -0.4 is 5.32 Å². The van der Waals surface area contributed by atoms with Crippen molar-refractivity contribution < 1.29 is 47.7 Å². The fourth-order valence-corrected chi connectivity index (χ4v) is 5.63. The molecule has 1 atom stereocenters. The molecule has 54 heavy (non-hydrogen) atoms. The van der Waals surface area contributed by atoms with E-state index in [9.17, 15) is 24.0 Å². The smallest absolute Gasteiger partial charge is 0.407 e. The van der Waals surface area contributed by atoms with Crippen LogP contribution in [0.15, 0.2) is 0 Å². The van der Waals surface area contributed by atoms with Crippen molar-refractivity contribution in [1.29, 1.82) is 0 Å². The van der Waals surface area contributed by atoms with Crippen LogP contribution in [0, 0.1) is 0 Å². The number of rotatable bonds is 38. The Bertz CT molecular complexity index is 946. The van der Waals surface area contributed by atoms with Crippen molar-refractivity contribution in [2.24, 2.45) is 0 Å². The molecule has 0 aromatic rings. The number of esters is 4. The first-order valence-corrected chi connectivity index (χ1v) is 21.4. The third kappa shape index (κ3) is 36.1. The fraction of sp³-hybridized carbons (Fsp3) is 0.881. The molecule has 1 N–H and O–H groups in total. The highest BCUT2D eigenvalue weighted by Gasteiger charge is 2.24. The van der Waals surface area contributed by atoms with Crippen LogP contribution >= 0.6 is 0 Å². The Balaban J connectivity index is 4.19. The maximum atomic E-state index is 12.9. The van der Waals surface area contributed by atoms with E-state index in [0.717, 1.165) is 83.5 Å². The second-order valence-electron chi connectivity index (χ2n) is 14.6. The Morgan fingerprint density at radius 3 is 1.24 bits per heavy atom. The SMILES string of the molecule is CCCCCCCCC(=O)OCCCCCCCOC(=O)CC[C@H](NC(=O)OCCN(C)C)C(=O)OCCCCCCCOC(=O)CCCCCCCC. The molecule has 0 aliphatic rings. The predicted octanol–water partition coefficient (Wildman–Crippen LogP) is 9.00. The van der Waals surface area contributed by atoms with Gasteiger partial charge in [0.25, 0.3) is 0 Å². The van der Waals surface area contributed by atoms with Crippen molar-refractivity contribution in [3.8, 4) is 0 Å². The summed E-state index contributed by atoms with van der Waals surface area (Å²) in [7, 11) is 3.72. The van der Waals surface area contributed by atoms with Crippen molar-refractivity contribution in [1.82, 2.24) is 10.2 Å². The first kappa shape index (κ1) is 51.1. The van der Waals surface area contributed by atoms with Crippen LogP contribution in [0.3, 0.4) is 0 Å². The normalized spacial score (nSPS) is 11.6. The minimum absolute atomic E-state index is 0.0373. The number of carbonyl (C=O) groups excluding carboxylic acids is 5. The number of carbonyl (C=O) groups is 5. The molecule has 0 bridgehead atoms. The molecule has 0 aromatic heterocycles. The largest absolute Gasteiger partial charge is 0.466 e. The van der Waals surface area contributed by atoms with Gasteiger partial charge in [-0.1, -0.05) is 117 Å². The Labute approximate surface area is 327 Å². The number of nitrogens with zero attached hydrogens (tertiary/aromatic N) is 1. The van der Waals surface area contributed by atoms with Crippen LogP contribution in [0.1, 0.15) is 181 Å². The van der Waals surface area contributed by atoms with E-state index in [2.05, 4.69) is 19.2 Å². The number of nitrogens with one attached hydrogen (secondary N) is 1. The van der Waals surface area contributed by atoms with Gasteiger partial charge in [0.05, 0.1) is 26.4 Å². The molecule has 0 unspecified atom stereocenters. The van der Waals surface area contributed by atoms with Gasteiger partial charge in [0.15, 0.2) is 0 Å². The molecule has 0 rings (SSSR count). The highest BCUT2D eigenvalue weighted by Crippen LogP contribution is 2.11. The van der Waals surface area contributed by atoms with E-state index in [1.807, 2.05) is 19.0 Å². The topological polar surface area (TPSA) is 147 Å². The van der Waals surface area contributed by atoms with Gasteiger partial charge in [0.1, 0.15) is 12.6 Å². The van der Waals surface area contributed by atoms with Crippen LogP contribution in [-0.4, -0.2) is 94.6 Å². The third-order valence-electron chi connectivity index (χ3n) is 9.07. The molecular weight excluding hydrogens is 692 g/mol. The van der Waals surface area contributed by atoms with Gasteiger partial charge in [-0.15, -0.1) is 0 Å². The Morgan fingerprint density at radius 2 is 0.815 bits per heavy atom. The molecule has 0 spiro atoms. The predicted molar refractivity (Wildman–Crippen MR) is 212 cm³/mol. The summed E-state index contributed by atoms with van der Waals surface area (Å²) < 4.78 is 26.6. The van der Waals surface area contributed by atoms with E-state index < -0.39 is 24.1 Å². The molecular formula is C42H78N2O10. The summed E-state index contributed by atoms with van der Waals surface area (Å²) in [5.41, 5.74) is 0. The lowest BCUT2D eigenvalue weighted by Gasteiger charge is -2.18. The van der Waals surface area contributed by atoms with Crippen molar-refractivity contribution >= 4 is 30.0 Å². The second-order valence-corrected chi connectivity index (χ2v) is 14.6. The molecule has 0 aliphatic heterocycles. The number of unbranched alkanes of at least 4 members (excludes halogenated alkanes) is 18. The van der Waals surface area contributed by atoms with Gasteiger partial charge in [0, 0.05) is 25.8 Å². The zero-order valence-electron chi connectivity index (χ0n) is 34.7. The minimum Gasteiger partial charge on any atom is -0.466 e. The first-order valence-electron chi connectivity index (χ1n) is 21.4. The second kappa shape index (κ2) is 38.4. The van der Waals surface area contributed by atoms with E-state index >= 15 is 0 Å². The molecule has 0 fully saturated rings. The van der Waals surface area contributed by atoms with Crippen LogP contribution in [-0.2, 0) is 42.9 Å². The summed E-state index contributed by atoms with van der Waals surface area (Å²) in [6.07, 6.45) is 22.4. The summed E-state index contributed by atoms with van der Waals surface area (Å²) in [5.74, 6) is -1.28. The van der Waals surface area contributed by atoms with Crippen LogP contribution in [0.2, 0.25) is 0 Å². The average Bonchev–Trinajstić information content (AvgIpc) is 3.14. The number of amides is 1. The number of hydrogen-bond acceptors (Lipinski definition) is 11. The quantitative estimate of drug-likeness (QED) is 0.0365. The lowest BCUT2D eigenvalue weighted by molar-refractivity contribution is -0.148. The van der Waals surface area contributed by atoms with Crippen LogP contribution in [0.4, 0.5) is 4.79 Å². The maximum Gasteiger partial charge on any atom is 0.407 e. The summed E-state index contributed by atoms with van der Waals surface area (Å²) in [6.45, 7) is 6.43. The van der Waals surface area contributed by atoms with E-state index in [1.54, 1.807) is 0 Å². The van der Waals surface area contributed by atoms with Gasteiger partial charge in [-0.3, -0.25) is 14.4 Å². The third-order valence-corrected chi connectivity index (χ3v) is 9.07. The van der Waals surface area contributed by atoms with E-state index in [-0.39, 0.29) is 44.6 Å².